The molecule has 2 heterocycles. The summed E-state index contributed by atoms with van der Waals surface area (Å²) in [5.41, 5.74) is 3.33. The highest BCUT2D eigenvalue weighted by atomic mass is 32.2. The van der Waals surface area contributed by atoms with Crippen molar-refractivity contribution >= 4 is 40.6 Å². The van der Waals surface area contributed by atoms with Crippen LogP contribution < -0.4 is 14.4 Å². The van der Waals surface area contributed by atoms with Crippen molar-refractivity contribution in [1.82, 2.24) is 9.80 Å². The highest BCUT2D eigenvalue weighted by molar-refractivity contribution is 8.18. The number of ether oxygens (including phenoxy) is 2. The van der Waals surface area contributed by atoms with Crippen LogP contribution in [0.1, 0.15) is 23.6 Å². The third kappa shape index (κ3) is 7.31. The highest BCUT2D eigenvalue weighted by Gasteiger charge is 2.37. The quantitative estimate of drug-likeness (QED) is 0.196. The standard InChI is InChI=1S/C34H34FN3O5S/c1-3-8-26-19-25(20-29(42-4-2)32(26)43-23-24-11-13-27(35)14-12-24)21-30-33(40)38(34(41)44-30)22-31(39)37-17-15-36(16-18-37)28-9-6-5-7-10-28/h3,5-7,9-14,19-21H,1,4,8,15-18,22-23H2,2H3/b30-21+. The molecule has 0 atom stereocenters. The van der Waals surface area contributed by atoms with Crippen LogP contribution in [-0.2, 0) is 22.6 Å². The second-order valence-electron chi connectivity index (χ2n) is 10.3. The van der Waals surface area contributed by atoms with E-state index in [2.05, 4.69) is 11.5 Å². The SMILES string of the molecule is C=CCc1cc(/C=C2/SC(=O)N(CC(=O)N3CCN(c4ccccc4)CC3)C2=O)cc(OCC)c1OCc1ccc(F)cc1. The minimum Gasteiger partial charge on any atom is -0.490 e. The van der Waals surface area contributed by atoms with Crippen LogP contribution in [0.15, 0.2) is 84.3 Å². The molecule has 44 heavy (non-hydrogen) atoms. The van der Waals surface area contributed by atoms with Crippen LogP contribution in [0.2, 0.25) is 0 Å². The van der Waals surface area contributed by atoms with E-state index in [-0.39, 0.29) is 29.8 Å². The molecule has 2 aliphatic rings. The number of hydrogen-bond donors (Lipinski definition) is 0. The van der Waals surface area contributed by atoms with Gasteiger partial charge >= 0.3 is 0 Å². The molecule has 3 aromatic rings. The summed E-state index contributed by atoms with van der Waals surface area (Å²) in [5.74, 6) is -0.0774. The molecule has 0 bridgehead atoms. The highest BCUT2D eigenvalue weighted by Crippen LogP contribution is 2.38. The molecule has 0 radical (unpaired) electrons. The smallest absolute Gasteiger partial charge is 0.294 e. The summed E-state index contributed by atoms with van der Waals surface area (Å²) in [5, 5.41) is -0.479. The van der Waals surface area contributed by atoms with E-state index in [4.69, 9.17) is 9.47 Å². The number of amides is 3. The molecule has 3 amide bonds. The van der Waals surface area contributed by atoms with Gasteiger partial charge in [-0.1, -0.05) is 36.4 Å². The van der Waals surface area contributed by atoms with Gasteiger partial charge in [-0.2, -0.15) is 0 Å². The molecule has 5 rings (SSSR count). The maximum Gasteiger partial charge on any atom is 0.294 e. The lowest BCUT2D eigenvalue weighted by molar-refractivity contribution is -0.136. The Morgan fingerprint density at radius 3 is 2.41 bits per heavy atom. The Morgan fingerprint density at radius 1 is 1.00 bits per heavy atom. The lowest BCUT2D eigenvalue weighted by atomic mass is 10.0. The summed E-state index contributed by atoms with van der Waals surface area (Å²) in [6.45, 7) is 8.38. The van der Waals surface area contributed by atoms with Crippen LogP contribution in [0.25, 0.3) is 6.08 Å². The van der Waals surface area contributed by atoms with Gasteiger partial charge in [-0.3, -0.25) is 19.3 Å². The Kier molecular flexibility index (Phi) is 10.0. The number of halogens is 1. The summed E-state index contributed by atoms with van der Waals surface area (Å²) in [7, 11) is 0. The zero-order valence-electron chi connectivity index (χ0n) is 24.5. The number of nitrogens with zero attached hydrogens (tertiary/aromatic N) is 3. The molecular weight excluding hydrogens is 581 g/mol. The summed E-state index contributed by atoms with van der Waals surface area (Å²) >= 11 is 0.811. The van der Waals surface area contributed by atoms with Crippen molar-refractivity contribution in [3.05, 3.63) is 107 Å². The maximum absolute atomic E-state index is 13.3. The predicted molar refractivity (Wildman–Crippen MR) is 170 cm³/mol. The van der Waals surface area contributed by atoms with E-state index >= 15 is 0 Å². The van der Waals surface area contributed by atoms with Gasteiger partial charge in [0.15, 0.2) is 11.5 Å². The Morgan fingerprint density at radius 2 is 1.73 bits per heavy atom. The average molecular weight is 616 g/mol. The number of para-hydroxylation sites is 1. The fraction of sp³-hybridized carbons (Fsp3) is 0.265. The van der Waals surface area contributed by atoms with Gasteiger partial charge in [-0.25, -0.2) is 4.39 Å². The Labute approximate surface area is 260 Å². The summed E-state index contributed by atoms with van der Waals surface area (Å²) in [6, 6.07) is 19.7. The summed E-state index contributed by atoms with van der Waals surface area (Å²) < 4.78 is 25.3. The molecule has 0 N–H and O–H groups in total. The third-order valence-electron chi connectivity index (χ3n) is 7.33. The second-order valence-corrected chi connectivity index (χ2v) is 11.3. The van der Waals surface area contributed by atoms with Crippen LogP contribution in [-0.4, -0.2) is 66.2 Å². The molecule has 0 aliphatic carbocycles. The number of piperazine rings is 1. The molecule has 2 fully saturated rings. The van der Waals surface area contributed by atoms with Crippen molar-refractivity contribution in [2.24, 2.45) is 0 Å². The minimum atomic E-state index is -0.504. The molecule has 0 unspecified atom stereocenters. The lowest BCUT2D eigenvalue weighted by Gasteiger charge is -2.36. The van der Waals surface area contributed by atoms with Gasteiger partial charge in [0.2, 0.25) is 5.91 Å². The minimum absolute atomic E-state index is 0.206. The number of benzene rings is 3. The average Bonchev–Trinajstić information content (AvgIpc) is 3.29. The van der Waals surface area contributed by atoms with E-state index < -0.39 is 11.1 Å². The van der Waals surface area contributed by atoms with Crippen molar-refractivity contribution in [1.29, 1.82) is 0 Å². The molecule has 2 saturated heterocycles. The fourth-order valence-electron chi connectivity index (χ4n) is 5.11. The first-order valence-corrected chi connectivity index (χ1v) is 15.3. The van der Waals surface area contributed by atoms with Gasteiger partial charge in [-0.05, 0) is 78.7 Å². The van der Waals surface area contributed by atoms with E-state index in [0.29, 0.717) is 56.3 Å². The van der Waals surface area contributed by atoms with Crippen molar-refractivity contribution in [3.63, 3.8) is 0 Å². The van der Waals surface area contributed by atoms with Gasteiger partial charge in [0.1, 0.15) is 19.0 Å². The Balaban J connectivity index is 1.28. The predicted octanol–water partition coefficient (Wildman–Crippen LogP) is 5.92. The molecule has 0 saturated carbocycles. The van der Waals surface area contributed by atoms with E-state index in [1.165, 1.54) is 12.1 Å². The summed E-state index contributed by atoms with van der Waals surface area (Å²) in [6.07, 6.45) is 3.83. The van der Waals surface area contributed by atoms with Crippen molar-refractivity contribution in [3.8, 4) is 11.5 Å². The number of hydrogen-bond acceptors (Lipinski definition) is 7. The van der Waals surface area contributed by atoms with Gasteiger partial charge < -0.3 is 19.3 Å². The van der Waals surface area contributed by atoms with Crippen molar-refractivity contribution < 1.29 is 28.2 Å². The zero-order chi connectivity index (χ0) is 31.1. The molecule has 0 spiro atoms. The van der Waals surface area contributed by atoms with E-state index in [1.807, 2.05) is 43.3 Å². The van der Waals surface area contributed by atoms with Crippen LogP contribution in [0.5, 0.6) is 11.5 Å². The normalized spacial score (nSPS) is 16.0. The number of anilines is 1. The number of rotatable bonds is 11. The van der Waals surface area contributed by atoms with Crippen LogP contribution in [0, 0.1) is 5.82 Å². The van der Waals surface area contributed by atoms with Gasteiger partial charge in [0, 0.05) is 37.4 Å². The number of carbonyl (C=O) groups is 3. The van der Waals surface area contributed by atoms with Crippen LogP contribution in [0.4, 0.5) is 14.9 Å². The first-order chi connectivity index (χ1) is 21.4. The zero-order valence-corrected chi connectivity index (χ0v) is 25.4. The molecule has 10 heteroatoms. The second kappa shape index (κ2) is 14.3. The van der Waals surface area contributed by atoms with Gasteiger partial charge in [-0.15, -0.1) is 6.58 Å². The number of allylic oxidation sites excluding steroid dienone is 1. The lowest BCUT2D eigenvalue weighted by Crippen LogP contribution is -2.51. The van der Waals surface area contributed by atoms with Crippen molar-refractivity contribution in [2.75, 3.05) is 44.2 Å². The van der Waals surface area contributed by atoms with Gasteiger partial charge in [0.05, 0.1) is 11.5 Å². The largest absolute Gasteiger partial charge is 0.490 e. The number of carbonyl (C=O) groups excluding carboxylic acids is 3. The first-order valence-electron chi connectivity index (χ1n) is 14.5. The Bertz CT molecular complexity index is 1550. The molecule has 8 nitrogen and oxygen atoms in total. The van der Waals surface area contributed by atoms with E-state index in [9.17, 15) is 18.8 Å². The molecular formula is C34H34FN3O5S. The van der Waals surface area contributed by atoms with E-state index in [0.717, 1.165) is 33.5 Å². The molecule has 2 aliphatic heterocycles. The van der Waals surface area contributed by atoms with Crippen LogP contribution in [0.3, 0.4) is 0 Å². The first kappa shape index (κ1) is 30.9. The van der Waals surface area contributed by atoms with E-state index in [1.54, 1.807) is 35.3 Å². The topological polar surface area (TPSA) is 79.4 Å². The number of imide groups is 1. The van der Waals surface area contributed by atoms with Crippen LogP contribution >= 0.6 is 11.8 Å². The summed E-state index contributed by atoms with van der Waals surface area (Å²) in [4.78, 5) is 44.4. The maximum atomic E-state index is 13.3. The monoisotopic (exact) mass is 615 g/mol. The third-order valence-corrected chi connectivity index (χ3v) is 8.24. The number of thioether (sulfide) groups is 1. The molecule has 3 aromatic carbocycles. The Hall–Kier alpha value is -4.57. The molecule has 0 aromatic heterocycles. The molecule has 228 valence electrons. The van der Waals surface area contributed by atoms with Gasteiger partial charge in [0.25, 0.3) is 11.1 Å². The fourth-order valence-corrected chi connectivity index (χ4v) is 5.95. The van der Waals surface area contributed by atoms with Crippen molar-refractivity contribution in [2.45, 2.75) is 20.0 Å².